The maximum Gasteiger partial charge on any atom is 0.264 e. The summed E-state index contributed by atoms with van der Waals surface area (Å²) in [5, 5.41) is 2.89. The Bertz CT molecular complexity index is 2690. The van der Waals surface area contributed by atoms with Crippen LogP contribution in [-0.4, -0.2) is 14.8 Å². The quantitative estimate of drug-likeness (QED) is 0.164. The number of hydrogen-bond acceptors (Lipinski definition) is 3. The number of benzene rings is 5. The average Bonchev–Trinajstić information content (AvgIpc) is 3.53. The van der Waals surface area contributed by atoms with Gasteiger partial charge in [0.15, 0.2) is 0 Å². The topological polar surface area (TPSA) is 6.48 Å². The second-order valence-corrected chi connectivity index (χ2v) is 30.0. The normalized spacial score (nSPS) is 17.0. The molecule has 0 unspecified atom stereocenters. The first-order valence-corrected chi connectivity index (χ1v) is 26.8. The molecular formula is C55H67BN2SSi-. The third-order valence-corrected chi connectivity index (χ3v) is 17.6. The second kappa shape index (κ2) is 13.2. The molecule has 1 aliphatic carbocycles. The van der Waals surface area contributed by atoms with Crippen LogP contribution in [0, 0.1) is 0 Å². The molecule has 0 spiro atoms. The molecule has 0 N–H and O–H groups in total. The first-order chi connectivity index (χ1) is 27.8. The fourth-order valence-corrected chi connectivity index (χ4v) is 12.7. The Balaban J connectivity index is 1.42. The molecule has 0 saturated heterocycles. The van der Waals surface area contributed by atoms with E-state index in [0.717, 1.165) is 0 Å². The van der Waals surface area contributed by atoms with E-state index in [4.69, 9.17) is 0 Å². The fraction of sp³-hybridized carbons (Fsp3) is 0.418. The highest BCUT2D eigenvalue weighted by Crippen LogP contribution is 2.52. The maximum atomic E-state index is 2.70. The minimum absolute atomic E-state index is 0.00638. The van der Waals surface area contributed by atoms with Gasteiger partial charge in [-0.1, -0.05) is 139 Å². The molecular weight excluding hydrogens is 760 g/mol. The Morgan fingerprint density at radius 2 is 1.02 bits per heavy atom. The smallest absolute Gasteiger partial charge is 0.264 e. The van der Waals surface area contributed by atoms with Gasteiger partial charge >= 0.3 is 0 Å². The summed E-state index contributed by atoms with van der Waals surface area (Å²) in [7, 11) is -1.83. The number of thiophene rings is 1. The number of hydrogen-bond donors (Lipinski definition) is 0. The molecule has 6 aromatic rings. The molecule has 5 aromatic carbocycles. The van der Waals surface area contributed by atoms with Crippen LogP contribution in [0.25, 0.3) is 10.1 Å². The zero-order valence-electron chi connectivity index (χ0n) is 39.5. The predicted molar refractivity (Wildman–Crippen MR) is 270 cm³/mol. The number of anilines is 6. The monoisotopic (exact) mass is 826 g/mol. The van der Waals surface area contributed by atoms with Crippen molar-refractivity contribution in [3.05, 3.63) is 119 Å². The second-order valence-electron chi connectivity index (χ2n) is 23.9. The standard InChI is InChI=1S/C55H67BN2SSi/c1-51(2,3)34-17-22-37(23-18-34)57-44-29-36(53(7,8)9)21-26-43(44)56-48-45(57)30-39(60(14,15)16)31-46(48)58(38-24-19-35(20-25-38)52(4,5)6)49-40-32-41-42(33-47(40)59-50(49)56)55(12,13)28-27-54(41,10)11/h17-26,29-33H,27-28H2,1-16H3/q-1. The molecule has 0 radical (unpaired) electrons. The van der Waals surface area contributed by atoms with Gasteiger partial charge in [0.2, 0.25) is 0 Å². The summed E-state index contributed by atoms with van der Waals surface area (Å²) >= 11 is 2.05. The van der Waals surface area contributed by atoms with E-state index in [1.807, 2.05) is 0 Å². The molecule has 311 valence electrons. The lowest BCUT2D eigenvalue weighted by Crippen LogP contribution is -2.61. The number of nitrogens with zero attached hydrogens (tertiary/aromatic N) is 2. The van der Waals surface area contributed by atoms with E-state index in [1.165, 1.54) is 106 Å². The van der Waals surface area contributed by atoms with Crippen LogP contribution in [-0.2, 0) is 27.1 Å². The molecule has 5 heteroatoms. The van der Waals surface area contributed by atoms with Crippen LogP contribution in [0.15, 0.2) is 91.0 Å². The van der Waals surface area contributed by atoms with Crippen molar-refractivity contribution in [2.45, 2.75) is 150 Å². The van der Waals surface area contributed by atoms with E-state index in [2.05, 4.69) is 222 Å². The summed E-state index contributed by atoms with van der Waals surface area (Å²) in [6.07, 6.45) is 2.41. The maximum absolute atomic E-state index is 2.70. The van der Waals surface area contributed by atoms with E-state index in [0.29, 0.717) is 0 Å². The third kappa shape index (κ3) is 6.55. The van der Waals surface area contributed by atoms with Gasteiger partial charge in [-0.25, -0.2) is 0 Å². The molecule has 0 fully saturated rings. The SMILES string of the molecule is CC(C)(C)c1ccc(N2c3cc(C(C)(C)C)ccc3B3c4sc5cc6c(cc5c4N(c4ccc(C(C)(C)C)cc4)c4cc([Si-](C)(C)C)cc2c43)C(C)(C)CCC6(C)C)cc1. The van der Waals surface area contributed by atoms with Crippen LogP contribution in [0.1, 0.15) is 131 Å². The van der Waals surface area contributed by atoms with Crippen molar-refractivity contribution >= 4 is 91.2 Å². The summed E-state index contributed by atoms with van der Waals surface area (Å²) in [5.74, 6) is 0. The zero-order chi connectivity index (χ0) is 43.3. The Morgan fingerprint density at radius 1 is 0.550 bits per heavy atom. The van der Waals surface area contributed by atoms with Crippen molar-refractivity contribution in [3.8, 4) is 0 Å². The summed E-state index contributed by atoms with van der Waals surface area (Å²) < 4.78 is 2.87. The molecule has 0 atom stereocenters. The van der Waals surface area contributed by atoms with Crippen LogP contribution in [0.5, 0.6) is 0 Å². The highest BCUT2D eigenvalue weighted by Gasteiger charge is 2.47. The Labute approximate surface area is 367 Å². The third-order valence-electron chi connectivity index (χ3n) is 14.4. The van der Waals surface area contributed by atoms with Crippen molar-refractivity contribution < 1.29 is 0 Å². The lowest BCUT2D eigenvalue weighted by molar-refractivity contribution is 0.332. The summed E-state index contributed by atoms with van der Waals surface area (Å²) in [6.45, 7) is 38.5. The predicted octanol–water partition coefficient (Wildman–Crippen LogP) is 13.8. The van der Waals surface area contributed by atoms with Crippen molar-refractivity contribution in [1.82, 2.24) is 0 Å². The van der Waals surface area contributed by atoms with E-state index in [1.54, 1.807) is 0 Å². The average molecular weight is 827 g/mol. The van der Waals surface area contributed by atoms with Crippen molar-refractivity contribution in [1.29, 1.82) is 0 Å². The molecule has 3 heterocycles. The van der Waals surface area contributed by atoms with Gasteiger partial charge in [0.05, 0.1) is 5.69 Å². The van der Waals surface area contributed by atoms with Crippen LogP contribution >= 0.6 is 11.3 Å². The van der Waals surface area contributed by atoms with Crippen LogP contribution in [0.2, 0.25) is 19.6 Å². The first kappa shape index (κ1) is 41.3. The largest absolute Gasteiger partial charge is 0.312 e. The number of fused-ring (bicyclic) bond motifs is 7. The summed E-state index contributed by atoms with van der Waals surface area (Å²) in [4.78, 5) is 5.33. The van der Waals surface area contributed by atoms with Gasteiger partial charge in [-0.05, 0) is 121 Å². The van der Waals surface area contributed by atoms with Gasteiger partial charge in [0.1, 0.15) is 0 Å². The molecule has 0 amide bonds. The molecule has 2 aliphatic heterocycles. The van der Waals surface area contributed by atoms with Crippen molar-refractivity contribution in [2.24, 2.45) is 0 Å². The van der Waals surface area contributed by atoms with Gasteiger partial charge in [0, 0.05) is 43.3 Å². The molecule has 0 saturated carbocycles. The molecule has 0 bridgehead atoms. The molecule has 3 aliphatic rings. The minimum Gasteiger partial charge on any atom is -0.312 e. The van der Waals surface area contributed by atoms with Crippen LogP contribution < -0.4 is 30.7 Å². The summed E-state index contributed by atoms with van der Waals surface area (Å²) in [5.41, 5.74) is 18.2. The Kier molecular flexibility index (Phi) is 9.10. The van der Waals surface area contributed by atoms with Gasteiger partial charge in [-0.15, -0.1) is 19.4 Å². The Hall–Kier alpha value is -4.06. The zero-order valence-corrected chi connectivity index (χ0v) is 41.3. The summed E-state index contributed by atoms with van der Waals surface area (Å²) in [6, 6.07) is 37.0. The fourth-order valence-electron chi connectivity index (χ4n) is 10.2. The van der Waals surface area contributed by atoms with Crippen molar-refractivity contribution in [3.63, 3.8) is 0 Å². The van der Waals surface area contributed by atoms with Crippen LogP contribution in [0.3, 0.4) is 0 Å². The van der Waals surface area contributed by atoms with Crippen LogP contribution in [0.4, 0.5) is 34.1 Å². The number of rotatable bonds is 3. The van der Waals surface area contributed by atoms with E-state index in [9.17, 15) is 0 Å². The molecule has 60 heavy (non-hydrogen) atoms. The van der Waals surface area contributed by atoms with Gasteiger partial charge in [0.25, 0.3) is 6.71 Å². The van der Waals surface area contributed by atoms with Gasteiger partial charge < -0.3 is 9.80 Å². The van der Waals surface area contributed by atoms with E-state index in [-0.39, 0.29) is 33.8 Å². The van der Waals surface area contributed by atoms with E-state index >= 15 is 0 Å². The van der Waals surface area contributed by atoms with Crippen molar-refractivity contribution in [2.75, 3.05) is 9.80 Å². The van der Waals surface area contributed by atoms with Gasteiger partial charge in [-0.2, -0.15) is 24.8 Å². The van der Waals surface area contributed by atoms with E-state index < -0.39 is 8.07 Å². The lowest BCUT2D eigenvalue weighted by Gasteiger charge is -2.46. The molecule has 2 nitrogen and oxygen atoms in total. The van der Waals surface area contributed by atoms with Gasteiger partial charge in [-0.3, -0.25) is 0 Å². The molecule has 9 rings (SSSR count). The Morgan fingerprint density at radius 3 is 1.52 bits per heavy atom. The minimum atomic E-state index is -1.83. The first-order valence-electron chi connectivity index (χ1n) is 22.5. The lowest BCUT2D eigenvalue weighted by atomic mass is 9.36. The molecule has 1 aromatic heterocycles. The highest BCUT2D eigenvalue weighted by molar-refractivity contribution is 7.33. The highest BCUT2D eigenvalue weighted by atomic mass is 32.1.